The van der Waals surface area contributed by atoms with Crippen molar-refractivity contribution in [2.45, 2.75) is 18.9 Å². The highest BCUT2D eigenvalue weighted by Gasteiger charge is 2.31. The predicted molar refractivity (Wildman–Crippen MR) is 74.6 cm³/mol. The van der Waals surface area contributed by atoms with Crippen molar-refractivity contribution < 1.29 is 4.42 Å². The van der Waals surface area contributed by atoms with E-state index in [0.717, 1.165) is 36.7 Å². The first-order chi connectivity index (χ1) is 9.31. The van der Waals surface area contributed by atoms with Crippen molar-refractivity contribution in [2.75, 3.05) is 23.8 Å². The minimum Gasteiger partial charge on any atom is -0.467 e. The summed E-state index contributed by atoms with van der Waals surface area (Å²) in [5.74, 6) is 1.80. The summed E-state index contributed by atoms with van der Waals surface area (Å²) in [6, 6.07) is 4.14. The first-order valence-corrected chi connectivity index (χ1v) is 6.67. The average molecular weight is 279 g/mol. The highest BCUT2D eigenvalue weighted by atomic mass is 35.5. The van der Waals surface area contributed by atoms with Crippen molar-refractivity contribution in [3.8, 4) is 0 Å². The first kappa shape index (κ1) is 12.3. The Bertz CT molecular complexity index is 558. The van der Waals surface area contributed by atoms with Crippen molar-refractivity contribution in [3.63, 3.8) is 0 Å². The molecule has 0 aliphatic carbocycles. The van der Waals surface area contributed by atoms with E-state index < -0.39 is 0 Å². The van der Waals surface area contributed by atoms with Crippen LogP contribution >= 0.6 is 11.6 Å². The third-order valence-corrected chi connectivity index (χ3v) is 3.71. The molecule has 1 fully saturated rings. The molecular weight excluding hydrogens is 264 g/mol. The van der Waals surface area contributed by atoms with Gasteiger partial charge in [0, 0.05) is 13.6 Å². The van der Waals surface area contributed by atoms with Crippen molar-refractivity contribution in [2.24, 2.45) is 0 Å². The molecule has 100 valence electrons. The van der Waals surface area contributed by atoms with Gasteiger partial charge in [0.25, 0.3) is 0 Å². The number of rotatable bonds is 3. The molecule has 0 amide bonds. The standard InChI is InChI=1S/C13H15ClN4O/c1-15-11-12(14)16-8-17-13(11)18-6-2-4-9(18)10-5-3-7-19-10/h3,5,7-9,15H,2,4,6H2,1H3. The van der Waals surface area contributed by atoms with Crippen LogP contribution in [0.2, 0.25) is 5.15 Å². The first-order valence-electron chi connectivity index (χ1n) is 6.29. The number of halogens is 1. The highest BCUT2D eigenvalue weighted by Crippen LogP contribution is 2.39. The molecular formula is C13H15ClN4O. The summed E-state index contributed by atoms with van der Waals surface area (Å²) in [6.07, 6.45) is 5.36. The van der Waals surface area contributed by atoms with E-state index >= 15 is 0 Å². The number of furan rings is 1. The molecule has 0 bridgehead atoms. The Labute approximate surface area is 116 Å². The second-order valence-electron chi connectivity index (χ2n) is 4.48. The van der Waals surface area contributed by atoms with Gasteiger partial charge < -0.3 is 14.6 Å². The van der Waals surface area contributed by atoms with Crippen LogP contribution in [0.4, 0.5) is 11.5 Å². The molecule has 0 aromatic carbocycles. The van der Waals surface area contributed by atoms with Gasteiger partial charge in [-0.05, 0) is 25.0 Å². The lowest BCUT2D eigenvalue weighted by atomic mass is 10.1. The smallest absolute Gasteiger partial charge is 0.157 e. The number of aromatic nitrogens is 2. The maximum atomic E-state index is 6.12. The summed E-state index contributed by atoms with van der Waals surface area (Å²) in [7, 11) is 1.83. The molecule has 3 heterocycles. The Hall–Kier alpha value is -1.75. The largest absolute Gasteiger partial charge is 0.467 e. The van der Waals surface area contributed by atoms with Crippen LogP contribution in [-0.2, 0) is 0 Å². The zero-order valence-corrected chi connectivity index (χ0v) is 11.4. The Balaban J connectivity index is 1.99. The SMILES string of the molecule is CNc1c(Cl)ncnc1N1CCCC1c1ccco1. The molecule has 6 heteroatoms. The monoisotopic (exact) mass is 278 g/mol. The minimum absolute atomic E-state index is 0.216. The van der Waals surface area contributed by atoms with Crippen LogP contribution in [0.1, 0.15) is 24.6 Å². The van der Waals surface area contributed by atoms with Crippen LogP contribution in [0.5, 0.6) is 0 Å². The normalized spacial score (nSPS) is 18.8. The van der Waals surface area contributed by atoms with Crippen molar-refractivity contribution in [1.29, 1.82) is 0 Å². The van der Waals surface area contributed by atoms with Gasteiger partial charge in [0.1, 0.15) is 17.8 Å². The van der Waals surface area contributed by atoms with Gasteiger partial charge in [-0.3, -0.25) is 0 Å². The molecule has 2 aromatic heterocycles. The quantitative estimate of drug-likeness (QED) is 0.875. The zero-order chi connectivity index (χ0) is 13.2. The van der Waals surface area contributed by atoms with Gasteiger partial charge in [0.05, 0.1) is 12.3 Å². The van der Waals surface area contributed by atoms with Crippen LogP contribution in [0, 0.1) is 0 Å². The fourth-order valence-corrected chi connectivity index (χ4v) is 2.81. The fourth-order valence-electron chi connectivity index (χ4n) is 2.59. The van der Waals surface area contributed by atoms with E-state index in [1.807, 2.05) is 19.2 Å². The van der Waals surface area contributed by atoms with Gasteiger partial charge >= 0.3 is 0 Å². The summed E-state index contributed by atoms with van der Waals surface area (Å²) in [5, 5.41) is 3.52. The van der Waals surface area contributed by atoms with E-state index in [-0.39, 0.29) is 6.04 Å². The predicted octanol–water partition coefficient (Wildman–Crippen LogP) is 3.11. The molecule has 0 spiro atoms. The molecule has 1 unspecified atom stereocenters. The van der Waals surface area contributed by atoms with E-state index in [0.29, 0.717) is 5.15 Å². The number of hydrogen-bond donors (Lipinski definition) is 1. The summed E-state index contributed by atoms with van der Waals surface area (Å²) in [6.45, 7) is 0.938. The maximum absolute atomic E-state index is 6.12. The molecule has 3 rings (SSSR count). The average Bonchev–Trinajstić information content (AvgIpc) is 3.09. The van der Waals surface area contributed by atoms with E-state index in [2.05, 4.69) is 20.2 Å². The lowest BCUT2D eigenvalue weighted by Crippen LogP contribution is -2.24. The topological polar surface area (TPSA) is 54.2 Å². The van der Waals surface area contributed by atoms with Crippen LogP contribution < -0.4 is 10.2 Å². The molecule has 5 nitrogen and oxygen atoms in total. The van der Waals surface area contributed by atoms with Crippen molar-refractivity contribution in [3.05, 3.63) is 35.6 Å². The molecule has 1 aliphatic rings. The number of nitrogens with one attached hydrogen (secondary N) is 1. The summed E-state index contributed by atoms with van der Waals surface area (Å²) in [4.78, 5) is 10.6. The van der Waals surface area contributed by atoms with Crippen LogP contribution in [0.15, 0.2) is 29.1 Å². The van der Waals surface area contributed by atoms with Gasteiger partial charge in [-0.1, -0.05) is 11.6 Å². The van der Waals surface area contributed by atoms with Crippen molar-refractivity contribution in [1.82, 2.24) is 9.97 Å². The van der Waals surface area contributed by atoms with Crippen LogP contribution in [-0.4, -0.2) is 23.6 Å². The van der Waals surface area contributed by atoms with E-state index in [4.69, 9.17) is 16.0 Å². The molecule has 19 heavy (non-hydrogen) atoms. The van der Waals surface area contributed by atoms with E-state index in [9.17, 15) is 0 Å². The van der Waals surface area contributed by atoms with Crippen LogP contribution in [0.25, 0.3) is 0 Å². The minimum atomic E-state index is 0.216. The molecule has 1 saturated heterocycles. The number of anilines is 2. The van der Waals surface area contributed by atoms with Gasteiger partial charge in [-0.25, -0.2) is 9.97 Å². The summed E-state index contributed by atoms with van der Waals surface area (Å²) < 4.78 is 5.53. The Kier molecular flexibility index (Phi) is 3.29. The molecule has 0 radical (unpaired) electrons. The third-order valence-electron chi connectivity index (χ3n) is 3.43. The molecule has 1 atom stereocenters. The zero-order valence-electron chi connectivity index (χ0n) is 10.6. The molecule has 1 aliphatic heterocycles. The van der Waals surface area contributed by atoms with E-state index in [1.54, 1.807) is 6.26 Å². The van der Waals surface area contributed by atoms with Gasteiger partial charge in [-0.2, -0.15) is 0 Å². The van der Waals surface area contributed by atoms with Gasteiger partial charge in [0.2, 0.25) is 0 Å². The Morgan fingerprint density at radius 3 is 3.11 bits per heavy atom. The fraction of sp³-hybridized carbons (Fsp3) is 0.385. The Morgan fingerprint density at radius 2 is 2.37 bits per heavy atom. The van der Waals surface area contributed by atoms with Gasteiger partial charge in [0.15, 0.2) is 11.0 Å². The maximum Gasteiger partial charge on any atom is 0.157 e. The third kappa shape index (κ3) is 2.14. The van der Waals surface area contributed by atoms with Gasteiger partial charge in [-0.15, -0.1) is 0 Å². The summed E-state index contributed by atoms with van der Waals surface area (Å²) >= 11 is 6.12. The second kappa shape index (κ2) is 5.09. The number of hydrogen-bond acceptors (Lipinski definition) is 5. The second-order valence-corrected chi connectivity index (χ2v) is 4.84. The molecule has 1 N–H and O–H groups in total. The van der Waals surface area contributed by atoms with Crippen molar-refractivity contribution >= 4 is 23.1 Å². The number of nitrogens with zero attached hydrogens (tertiary/aromatic N) is 3. The Morgan fingerprint density at radius 1 is 1.47 bits per heavy atom. The molecule has 0 saturated carbocycles. The molecule has 2 aromatic rings. The lowest BCUT2D eigenvalue weighted by molar-refractivity contribution is 0.464. The summed E-state index contributed by atoms with van der Waals surface area (Å²) in [5.41, 5.74) is 0.766. The van der Waals surface area contributed by atoms with E-state index in [1.165, 1.54) is 6.33 Å². The lowest BCUT2D eigenvalue weighted by Gasteiger charge is -2.26. The van der Waals surface area contributed by atoms with Crippen LogP contribution in [0.3, 0.4) is 0 Å². The highest BCUT2D eigenvalue weighted by molar-refractivity contribution is 6.32.